The van der Waals surface area contributed by atoms with Gasteiger partial charge in [-0.25, -0.2) is 9.78 Å². The average Bonchev–Trinajstić information content (AvgIpc) is 3.02. The number of aliphatic hydroxyl groups excluding tert-OH is 1. The first-order chi connectivity index (χ1) is 9.56. The maximum Gasteiger partial charge on any atom is 0.315 e. The normalized spacial score (nSPS) is 12.2. The molecule has 0 aromatic carbocycles. The van der Waals surface area contributed by atoms with Crippen LogP contribution in [0.3, 0.4) is 0 Å². The number of rotatable bonds is 5. The standard InChI is InChI=1S/C12H14ClN3O3S/c1-7-8(16-6-19-7)4-14-12(18)15-5-9(17)10-2-3-11(13)20-10/h2-3,6,9,17H,4-5H2,1H3,(H2,14,15,18). The van der Waals surface area contributed by atoms with Crippen LogP contribution >= 0.6 is 22.9 Å². The Morgan fingerprint density at radius 2 is 2.35 bits per heavy atom. The van der Waals surface area contributed by atoms with E-state index in [1.54, 1.807) is 19.1 Å². The number of thiophene rings is 1. The van der Waals surface area contributed by atoms with Crippen molar-refractivity contribution in [1.82, 2.24) is 15.6 Å². The van der Waals surface area contributed by atoms with Crippen molar-refractivity contribution >= 4 is 29.0 Å². The molecule has 2 rings (SSSR count). The molecule has 1 unspecified atom stereocenters. The summed E-state index contributed by atoms with van der Waals surface area (Å²) in [4.78, 5) is 16.2. The average molecular weight is 316 g/mol. The fourth-order valence-corrected chi connectivity index (χ4v) is 2.57. The number of carbonyl (C=O) groups is 1. The Labute approximate surface area is 124 Å². The van der Waals surface area contributed by atoms with E-state index >= 15 is 0 Å². The molecule has 3 N–H and O–H groups in total. The number of amides is 2. The number of aromatic nitrogens is 1. The molecule has 2 aromatic heterocycles. The van der Waals surface area contributed by atoms with Gasteiger partial charge in [0, 0.05) is 4.88 Å². The lowest BCUT2D eigenvalue weighted by Gasteiger charge is -2.10. The van der Waals surface area contributed by atoms with Crippen LogP contribution < -0.4 is 10.6 Å². The molecule has 0 spiro atoms. The third-order valence-corrected chi connectivity index (χ3v) is 3.97. The lowest BCUT2D eigenvalue weighted by Crippen LogP contribution is -2.37. The highest BCUT2D eigenvalue weighted by Crippen LogP contribution is 2.26. The second-order valence-corrected chi connectivity index (χ2v) is 5.82. The van der Waals surface area contributed by atoms with Crippen LogP contribution in [-0.2, 0) is 6.54 Å². The summed E-state index contributed by atoms with van der Waals surface area (Å²) in [6, 6.07) is 3.06. The first-order valence-electron chi connectivity index (χ1n) is 5.90. The molecule has 6 nitrogen and oxygen atoms in total. The third-order valence-electron chi connectivity index (χ3n) is 2.64. The molecule has 0 fully saturated rings. The molecule has 0 saturated heterocycles. The molecule has 2 aromatic rings. The van der Waals surface area contributed by atoms with Crippen LogP contribution in [0.1, 0.15) is 22.4 Å². The summed E-state index contributed by atoms with van der Waals surface area (Å²) in [6.45, 7) is 2.15. The number of hydrogen-bond donors (Lipinski definition) is 3. The van der Waals surface area contributed by atoms with Crippen LogP contribution in [0.4, 0.5) is 4.79 Å². The molecular weight excluding hydrogens is 302 g/mol. The Balaban J connectivity index is 1.74. The van der Waals surface area contributed by atoms with Gasteiger partial charge >= 0.3 is 6.03 Å². The summed E-state index contributed by atoms with van der Waals surface area (Å²) in [5.41, 5.74) is 0.672. The number of nitrogens with zero attached hydrogens (tertiary/aromatic N) is 1. The molecule has 0 aliphatic rings. The van der Waals surface area contributed by atoms with Crippen molar-refractivity contribution in [2.45, 2.75) is 19.6 Å². The monoisotopic (exact) mass is 315 g/mol. The maximum atomic E-state index is 11.6. The van der Waals surface area contributed by atoms with Crippen molar-refractivity contribution in [2.75, 3.05) is 6.54 Å². The van der Waals surface area contributed by atoms with Gasteiger partial charge in [-0.15, -0.1) is 11.3 Å². The van der Waals surface area contributed by atoms with Gasteiger partial charge < -0.3 is 20.2 Å². The van der Waals surface area contributed by atoms with Crippen molar-refractivity contribution in [3.05, 3.63) is 39.2 Å². The van der Waals surface area contributed by atoms with Crippen molar-refractivity contribution < 1.29 is 14.3 Å². The summed E-state index contributed by atoms with van der Waals surface area (Å²) in [6.07, 6.45) is 0.557. The van der Waals surface area contributed by atoms with Crippen molar-refractivity contribution in [1.29, 1.82) is 0 Å². The number of aliphatic hydroxyl groups is 1. The van der Waals surface area contributed by atoms with Crippen LogP contribution in [0, 0.1) is 6.92 Å². The molecule has 0 aliphatic heterocycles. The van der Waals surface area contributed by atoms with Crippen molar-refractivity contribution in [3.63, 3.8) is 0 Å². The Morgan fingerprint density at radius 3 is 2.95 bits per heavy atom. The Kier molecular flexibility index (Phi) is 4.99. The molecule has 2 amide bonds. The van der Waals surface area contributed by atoms with E-state index in [0.29, 0.717) is 20.7 Å². The first kappa shape index (κ1) is 14.8. The highest BCUT2D eigenvalue weighted by molar-refractivity contribution is 7.16. The molecule has 1 atom stereocenters. The summed E-state index contributed by atoms with van der Waals surface area (Å²) >= 11 is 7.06. The minimum Gasteiger partial charge on any atom is -0.448 e. The van der Waals surface area contributed by atoms with E-state index in [4.69, 9.17) is 16.0 Å². The van der Waals surface area contributed by atoms with Crippen LogP contribution in [0.2, 0.25) is 4.34 Å². The van der Waals surface area contributed by atoms with Gasteiger partial charge in [-0.1, -0.05) is 11.6 Å². The minimum atomic E-state index is -0.771. The number of oxazole rings is 1. The zero-order valence-electron chi connectivity index (χ0n) is 10.7. The van der Waals surface area contributed by atoms with Crippen LogP contribution in [0.25, 0.3) is 0 Å². The molecule has 8 heteroatoms. The van der Waals surface area contributed by atoms with Crippen LogP contribution in [-0.4, -0.2) is 22.7 Å². The number of aryl methyl sites for hydroxylation is 1. The largest absolute Gasteiger partial charge is 0.448 e. The second kappa shape index (κ2) is 6.74. The van der Waals surface area contributed by atoms with E-state index in [0.717, 1.165) is 0 Å². The molecule has 0 radical (unpaired) electrons. The van der Waals surface area contributed by atoms with E-state index in [1.807, 2.05) is 0 Å². The first-order valence-corrected chi connectivity index (χ1v) is 7.09. The lowest BCUT2D eigenvalue weighted by atomic mass is 10.3. The number of hydrogen-bond acceptors (Lipinski definition) is 5. The molecule has 108 valence electrons. The minimum absolute atomic E-state index is 0.112. The van der Waals surface area contributed by atoms with Gasteiger partial charge in [0.05, 0.1) is 17.4 Å². The van der Waals surface area contributed by atoms with Gasteiger partial charge in [0.2, 0.25) is 0 Å². The molecule has 0 aliphatic carbocycles. The predicted molar refractivity (Wildman–Crippen MR) is 75.8 cm³/mol. The summed E-state index contributed by atoms with van der Waals surface area (Å²) in [5, 5.41) is 15.1. The fourth-order valence-electron chi connectivity index (χ4n) is 1.52. The summed E-state index contributed by atoms with van der Waals surface area (Å²) < 4.78 is 5.62. The Morgan fingerprint density at radius 1 is 1.55 bits per heavy atom. The third kappa shape index (κ3) is 3.96. The fraction of sp³-hybridized carbons (Fsp3) is 0.333. The SMILES string of the molecule is Cc1ocnc1CNC(=O)NCC(O)c1ccc(Cl)s1. The lowest BCUT2D eigenvalue weighted by molar-refractivity contribution is 0.176. The van der Waals surface area contributed by atoms with E-state index in [2.05, 4.69) is 15.6 Å². The number of nitrogens with one attached hydrogen (secondary N) is 2. The highest BCUT2D eigenvalue weighted by atomic mass is 35.5. The van der Waals surface area contributed by atoms with Crippen molar-refractivity contribution in [3.8, 4) is 0 Å². The zero-order chi connectivity index (χ0) is 14.5. The summed E-state index contributed by atoms with van der Waals surface area (Å²) in [5.74, 6) is 0.665. The van der Waals surface area contributed by atoms with E-state index < -0.39 is 6.10 Å². The van der Waals surface area contributed by atoms with Gasteiger partial charge in [0.25, 0.3) is 0 Å². The van der Waals surface area contributed by atoms with Gasteiger partial charge in [0.1, 0.15) is 17.6 Å². The molecular formula is C12H14ClN3O3S. The van der Waals surface area contributed by atoms with Gasteiger partial charge in [0.15, 0.2) is 6.39 Å². The van der Waals surface area contributed by atoms with E-state index in [9.17, 15) is 9.90 Å². The number of carbonyl (C=O) groups excluding carboxylic acids is 1. The van der Waals surface area contributed by atoms with Gasteiger partial charge in [-0.3, -0.25) is 0 Å². The topological polar surface area (TPSA) is 87.4 Å². The van der Waals surface area contributed by atoms with Crippen LogP contribution in [0.15, 0.2) is 22.9 Å². The highest BCUT2D eigenvalue weighted by Gasteiger charge is 2.12. The Hall–Kier alpha value is -1.57. The number of urea groups is 1. The van der Waals surface area contributed by atoms with E-state index in [1.165, 1.54) is 17.7 Å². The second-order valence-electron chi connectivity index (χ2n) is 4.08. The maximum absolute atomic E-state index is 11.6. The van der Waals surface area contributed by atoms with Gasteiger partial charge in [-0.05, 0) is 19.1 Å². The molecule has 0 bridgehead atoms. The predicted octanol–water partition coefficient (Wildman–Crippen LogP) is 2.23. The molecule has 20 heavy (non-hydrogen) atoms. The summed E-state index contributed by atoms with van der Waals surface area (Å²) in [7, 11) is 0. The van der Waals surface area contributed by atoms with Gasteiger partial charge in [-0.2, -0.15) is 0 Å². The quantitative estimate of drug-likeness (QED) is 0.789. The number of halogens is 1. The van der Waals surface area contributed by atoms with Crippen LogP contribution in [0.5, 0.6) is 0 Å². The Bertz CT molecular complexity index is 584. The van der Waals surface area contributed by atoms with E-state index in [-0.39, 0.29) is 19.1 Å². The molecule has 0 saturated carbocycles. The van der Waals surface area contributed by atoms with Crippen molar-refractivity contribution in [2.24, 2.45) is 0 Å². The zero-order valence-corrected chi connectivity index (χ0v) is 12.3. The molecule has 2 heterocycles. The smallest absolute Gasteiger partial charge is 0.315 e.